The van der Waals surface area contributed by atoms with Crippen molar-refractivity contribution in [1.82, 2.24) is 0 Å². The van der Waals surface area contributed by atoms with Crippen molar-refractivity contribution in [2.45, 2.75) is 393 Å². The molecule has 19 heteroatoms. The number of ether oxygens (including phenoxy) is 4. The van der Waals surface area contributed by atoms with Crippen molar-refractivity contribution in [3.05, 3.63) is 0 Å². The Balaban J connectivity index is 5.17. The zero-order chi connectivity index (χ0) is 67.0. The molecule has 0 aromatic heterocycles. The second kappa shape index (κ2) is 65.4. The van der Waals surface area contributed by atoms with Crippen LogP contribution in [0.2, 0.25) is 0 Å². The second-order valence-corrected chi connectivity index (χ2v) is 29.4. The zero-order valence-corrected chi connectivity index (χ0v) is 60.8. The van der Waals surface area contributed by atoms with Gasteiger partial charge in [-0.3, -0.25) is 37.3 Å². The van der Waals surface area contributed by atoms with Gasteiger partial charge in [0.15, 0.2) is 12.2 Å². The van der Waals surface area contributed by atoms with Crippen LogP contribution in [-0.4, -0.2) is 96.7 Å². The highest BCUT2D eigenvalue weighted by molar-refractivity contribution is 7.47. The number of hydrogen-bond acceptors (Lipinski definition) is 15. The number of aliphatic hydroxyl groups excluding tert-OH is 1. The van der Waals surface area contributed by atoms with Crippen LogP contribution in [0.3, 0.4) is 0 Å². The molecule has 0 radical (unpaired) electrons. The Morgan fingerprint density at radius 1 is 0.297 bits per heavy atom. The van der Waals surface area contributed by atoms with Crippen molar-refractivity contribution in [3.8, 4) is 0 Å². The van der Waals surface area contributed by atoms with Gasteiger partial charge in [-0.15, -0.1) is 0 Å². The number of unbranched alkanes of at least 4 members (excludes halogenated alkanes) is 44. The highest BCUT2D eigenvalue weighted by Crippen LogP contribution is 2.45. The van der Waals surface area contributed by atoms with Gasteiger partial charge in [0.25, 0.3) is 0 Å². The van der Waals surface area contributed by atoms with Crippen LogP contribution >= 0.6 is 15.6 Å². The number of phosphoric ester groups is 2. The van der Waals surface area contributed by atoms with Crippen LogP contribution < -0.4 is 0 Å². The molecule has 17 nitrogen and oxygen atoms in total. The number of rotatable bonds is 72. The predicted octanol–water partition coefficient (Wildman–Crippen LogP) is 20.9. The lowest BCUT2D eigenvalue weighted by Crippen LogP contribution is -2.30. The monoisotopic (exact) mass is 1340 g/mol. The van der Waals surface area contributed by atoms with Gasteiger partial charge in [-0.2, -0.15) is 0 Å². The number of aliphatic hydroxyl groups is 1. The number of phosphoric acid groups is 2. The van der Waals surface area contributed by atoms with Gasteiger partial charge >= 0.3 is 39.5 Å². The van der Waals surface area contributed by atoms with Crippen LogP contribution in [0, 0.1) is 5.92 Å². The third-order valence-electron chi connectivity index (χ3n) is 16.8. The van der Waals surface area contributed by atoms with Gasteiger partial charge in [0, 0.05) is 25.7 Å². The van der Waals surface area contributed by atoms with E-state index in [2.05, 4.69) is 34.6 Å². The molecule has 0 aromatic carbocycles. The Morgan fingerprint density at radius 2 is 0.505 bits per heavy atom. The molecule has 0 aliphatic heterocycles. The first-order chi connectivity index (χ1) is 44.0. The molecule has 5 atom stereocenters. The van der Waals surface area contributed by atoms with Crippen molar-refractivity contribution < 1.29 is 80.2 Å². The number of carbonyl (C=O) groups excluding carboxylic acids is 4. The van der Waals surface area contributed by atoms with E-state index >= 15 is 0 Å². The molecule has 0 fully saturated rings. The fourth-order valence-electron chi connectivity index (χ4n) is 11.0. The average Bonchev–Trinajstić information content (AvgIpc) is 3.40. The molecule has 91 heavy (non-hydrogen) atoms. The summed E-state index contributed by atoms with van der Waals surface area (Å²) in [6, 6.07) is 0. The maximum atomic E-state index is 13.0. The van der Waals surface area contributed by atoms with Gasteiger partial charge in [0.05, 0.1) is 26.4 Å². The van der Waals surface area contributed by atoms with E-state index in [-0.39, 0.29) is 25.7 Å². The quantitative estimate of drug-likeness (QED) is 0.0222. The molecule has 0 rings (SSSR count). The minimum Gasteiger partial charge on any atom is -0.462 e. The van der Waals surface area contributed by atoms with Crippen LogP contribution in [0.15, 0.2) is 0 Å². The SMILES string of the molecule is CCCCCCCCCCCCCCCCCCCCC(=O)O[C@H](COC(=O)CCCCCCCCCCCCCCCCCCC)COP(=O)(O)OC[C@@H](O)COP(=O)(O)OC[C@@H](COC(=O)CCCCCCCCC)OC(=O)CCCCCCCCC(C)C. The van der Waals surface area contributed by atoms with E-state index in [9.17, 15) is 43.2 Å². The summed E-state index contributed by atoms with van der Waals surface area (Å²) in [6.45, 7) is 7.13. The Hall–Kier alpha value is -1.94. The van der Waals surface area contributed by atoms with Gasteiger partial charge in [-0.05, 0) is 31.6 Å². The van der Waals surface area contributed by atoms with Crippen molar-refractivity contribution in [2.24, 2.45) is 5.92 Å². The molecule has 0 aliphatic carbocycles. The molecule has 0 saturated heterocycles. The van der Waals surface area contributed by atoms with Crippen LogP contribution in [-0.2, 0) is 65.4 Å². The summed E-state index contributed by atoms with van der Waals surface area (Å²) in [4.78, 5) is 72.4. The highest BCUT2D eigenvalue weighted by atomic mass is 31.2. The summed E-state index contributed by atoms with van der Waals surface area (Å²) in [6.07, 6.45) is 53.2. The summed E-state index contributed by atoms with van der Waals surface area (Å²) in [5.41, 5.74) is 0. The first kappa shape index (κ1) is 89.1. The summed E-state index contributed by atoms with van der Waals surface area (Å²) >= 11 is 0. The van der Waals surface area contributed by atoms with E-state index in [4.69, 9.17) is 37.0 Å². The predicted molar refractivity (Wildman–Crippen MR) is 368 cm³/mol. The first-order valence-corrected chi connectivity index (χ1v) is 40.6. The summed E-state index contributed by atoms with van der Waals surface area (Å²) in [5.74, 6) is -1.46. The van der Waals surface area contributed by atoms with Crippen LogP contribution in [0.5, 0.6) is 0 Å². The normalized spacial score (nSPS) is 14.0. The molecular weight excluding hydrogens is 1200 g/mol. The standard InChI is InChI=1S/C72H140O17P2/c1-6-9-12-15-18-20-22-24-26-28-30-32-34-36-38-41-47-52-57-71(76)88-67(62-83-70(75)56-51-46-40-37-35-33-31-29-27-25-23-21-19-16-13-10-7-2)63-86-90(78,79)84-59-66(73)60-85-91(80,81)87-64-68(61-82-69(74)55-50-45-39-17-14-11-8-3)89-72(77)58-53-48-43-42-44-49-54-65(4)5/h65-68,73H,6-64H2,1-5H3,(H,78,79)(H,80,81)/t66-,67-,68-/m1/s1. The molecule has 2 unspecified atom stereocenters. The fourth-order valence-corrected chi connectivity index (χ4v) is 12.6. The lowest BCUT2D eigenvalue weighted by atomic mass is 10.0. The molecule has 3 N–H and O–H groups in total. The van der Waals surface area contributed by atoms with Gasteiger partial charge < -0.3 is 33.8 Å². The van der Waals surface area contributed by atoms with Crippen molar-refractivity contribution >= 4 is 39.5 Å². The Labute approximate surface area is 556 Å². The van der Waals surface area contributed by atoms with E-state index in [1.165, 1.54) is 186 Å². The maximum Gasteiger partial charge on any atom is 0.472 e. The van der Waals surface area contributed by atoms with E-state index in [1.807, 2.05) is 0 Å². The van der Waals surface area contributed by atoms with Crippen molar-refractivity contribution in [1.29, 1.82) is 0 Å². The molecule has 0 bridgehead atoms. The zero-order valence-electron chi connectivity index (χ0n) is 59.0. The van der Waals surface area contributed by atoms with E-state index < -0.39 is 97.5 Å². The molecule has 0 aromatic rings. The van der Waals surface area contributed by atoms with E-state index in [1.54, 1.807) is 0 Å². The first-order valence-electron chi connectivity index (χ1n) is 37.6. The topological polar surface area (TPSA) is 237 Å². The number of hydrogen-bond donors (Lipinski definition) is 3. The third kappa shape index (κ3) is 66.5. The second-order valence-electron chi connectivity index (χ2n) is 26.5. The molecule has 0 saturated carbocycles. The van der Waals surface area contributed by atoms with Gasteiger partial charge in [0.2, 0.25) is 0 Å². The molecule has 0 heterocycles. The fraction of sp³-hybridized carbons (Fsp3) is 0.944. The third-order valence-corrected chi connectivity index (χ3v) is 18.7. The van der Waals surface area contributed by atoms with Gasteiger partial charge in [-0.25, -0.2) is 9.13 Å². The van der Waals surface area contributed by atoms with Crippen molar-refractivity contribution in [3.63, 3.8) is 0 Å². The number of esters is 4. The summed E-state index contributed by atoms with van der Waals surface area (Å²) in [7, 11) is -9.89. The molecular formula is C72H140O17P2. The highest BCUT2D eigenvalue weighted by Gasteiger charge is 2.30. The minimum atomic E-state index is -4.95. The maximum absolute atomic E-state index is 13.0. The molecule has 0 amide bonds. The largest absolute Gasteiger partial charge is 0.472 e. The lowest BCUT2D eigenvalue weighted by molar-refractivity contribution is -0.161. The van der Waals surface area contributed by atoms with Crippen molar-refractivity contribution in [2.75, 3.05) is 39.6 Å². The van der Waals surface area contributed by atoms with Crippen LogP contribution in [0.1, 0.15) is 375 Å². The Kier molecular flexibility index (Phi) is 64.0. The van der Waals surface area contributed by atoms with E-state index in [0.717, 1.165) is 103 Å². The Bertz CT molecular complexity index is 1750. The van der Waals surface area contributed by atoms with Gasteiger partial charge in [-0.1, -0.05) is 324 Å². The molecule has 0 spiro atoms. The summed E-state index contributed by atoms with van der Waals surface area (Å²) < 4.78 is 68.2. The smallest absolute Gasteiger partial charge is 0.462 e. The Morgan fingerprint density at radius 3 is 0.747 bits per heavy atom. The average molecular weight is 1340 g/mol. The molecule has 540 valence electrons. The minimum absolute atomic E-state index is 0.102. The van der Waals surface area contributed by atoms with Crippen LogP contribution in [0.25, 0.3) is 0 Å². The molecule has 0 aliphatic rings. The van der Waals surface area contributed by atoms with E-state index in [0.29, 0.717) is 31.6 Å². The lowest BCUT2D eigenvalue weighted by Gasteiger charge is -2.21. The van der Waals surface area contributed by atoms with Gasteiger partial charge in [0.1, 0.15) is 19.3 Å². The summed E-state index contributed by atoms with van der Waals surface area (Å²) in [5, 5.41) is 10.6. The number of carbonyl (C=O) groups is 4. The van der Waals surface area contributed by atoms with Crippen LogP contribution in [0.4, 0.5) is 0 Å².